The molecule has 2 aromatic rings. The van der Waals surface area contributed by atoms with Gasteiger partial charge in [-0.15, -0.1) is 0 Å². The molecule has 1 amide bonds. The second-order valence-corrected chi connectivity index (χ2v) is 6.57. The van der Waals surface area contributed by atoms with Gasteiger partial charge in [0.2, 0.25) is 5.91 Å². The monoisotopic (exact) mass is 362 g/mol. The van der Waals surface area contributed by atoms with Crippen LogP contribution in [0.5, 0.6) is 0 Å². The number of β-amino-alcohol motifs (C(OH)–C–C–N with tert-alkyl or cyclic N) is 1. The minimum Gasteiger partial charge on any atom is -0.480 e. The van der Waals surface area contributed by atoms with Crippen LogP contribution in [-0.4, -0.2) is 81.9 Å². The molecule has 26 heavy (non-hydrogen) atoms. The number of carbonyl (C=O) groups is 2. The topological polar surface area (TPSA) is 108 Å². The Bertz CT molecular complexity index is 807. The van der Waals surface area contributed by atoms with E-state index >= 15 is 0 Å². The molecular formula is C17H22N4O5. The van der Waals surface area contributed by atoms with E-state index in [1.54, 1.807) is 13.2 Å². The highest BCUT2D eigenvalue weighted by Gasteiger charge is 2.38. The molecule has 1 unspecified atom stereocenters. The maximum Gasteiger partial charge on any atom is 0.329 e. The average Bonchev–Trinajstić information content (AvgIpc) is 3.20. The zero-order chi connectivity index (χ0) is 18.7. The van der Waals surface area contributed by atoms with Crippen LogP contribution in [0.15, 0.2) is 30.6 Å². The Hall–Kier alpha value is -2.65. The summed E-state index contributed by atoms with van der Waals surface area (Å²) in [6.07, 6.45) is 4.12. The van der Waals surface area contributed by atoms with Crippen molar-refractivity contribution in [3.63, 3.8) is 0 Å². The van der Waals surface area contributed by atoms with Gasteiger partial charge in [-0.3, -0.25) is 9.20 Å². The molecule has 0 spiro atoms. The maximum atomic E-state index is 12.0. The van der Waals surface area contributed by atoms with E-state index in [-0.39, 0.29) is 19.1 Å². The molecule has 9 nitrogen and oxygen atoms in total. The first-order valence-electron chi connectivity index (χ1n) is 8.31. The first-order chi connectivity index (χ1) is 12.4. The van der Waals surface area contributed by atoms with Gasteiger partial charge in [-0.25, -0.2) is 9.78 Å². The minimum atomic E-state index is -1.13. The molecule has 3 heterocycles. The maximum absolute atomic E-state index is 12.0. The second-order valence-electron chi connectivity index (χ2n) is 6.57. The van der Waals surface area contributed by atoms with Crippen LogP contribution in [0.4, 0.5) is 5.82 Å². The van der Waals surface area contributed by atoms with E-state index in [0.717, 1.165) is 11.5 Å². The predicted molar refractivity (Wildman–Crippen MR) is 93.1 cm³/mol. The van der Waals surface area contributed by atoms with Crippen LogP contribution in [-0.2, 0) is 14.3 Å². The Morgan fingerprint density at radius 2 is 2.19 bits per heavy atom. The molecule has 0 aliphatic carbocycles. The van der Waals surface area contributed by atoms with E-state index in [0.29, 0.717) is 19.5 Å². The number of rotatable bonds is 7. The average molecular weight is 362 g/mol. The van der Waals surface area contributed by atoms with Crippen molar-refractivity contribution < 1.29 is 24.5 Å². The SMILES string of the molecule is CN(CC1(O)CCN(c2cccc3nccn23)C1)C(=O)COCC(=O)O. The highest BCUT2D eigenvalue weighted by atomic mass is 16.5. The molecule has 0 aromatic carbocycles. The van der Waals surface area contributed by atoms with Gasteiger partial charge in [-0.1, -0.05) is 6.07 Å². The molecule has 1 atom stereocenters. The molecule has 2 aromatic heterocycles. The summed E-state index contributed by atoms with van der Waals surface area (Å²) < 4.78 is 6.77. The third-order valence-electron chi connectivity index (χ3n) is 4.47. The lowest BCUT2D eigenvalue weighted by molar-refractivity contribution is -0.146. The number of aliphatic carboxylic acids is 1. The van der Waals surface area contributed by atoms with Gasteiger partial charge in [0.05, 0.1) is 6.54 Å². The van der Waals surface area contributed by atoms with Crippen molar-refractivity contribution in [1.29, 1.82) is 0 Å². The quantitative estimate of drug-likeness (QED) is 0.704. The smallest absolute Gasteiger partial charge is 0.329 e. The fourth-order valence-corrected chi connectivity index (χ4v) is 3.24. The van der Waals surface area contributed by atoms with Gasteiger partial charge in [-0.2, -0.15) is 0 Å². The van der Waals surface area contributed by atoms with E-state index in [2.05, 4.69) is 9.88 Å². The van der Waals surface area contributed by atoms with Gasteiger partial charge < -0.3 is 24.7 Å². The van der Waals surface area contributed by atoms with Crippen molar-refractivity contribution in [2.24, 2.45) is 0 Å². The lowest BCUT2D eigenvalue weighted by atomic mass is 10.0. The summed E-state index contributed by atoms with van der Waals surface area (Å²) in [7, 11) is 1.57. The van der Waals surface area contributed by atoms with E-state index in [1.165, 1.54) is 4.90 Å². The van der Waals surface area contributed by atoms with Crippen molar-refractivity contribution in [2.45, 2.75) is 12.0 Å². The Morgan fingerprint density at radius 3 is 2.96 bits per heavy atom. The van der Waals surface area contributed by atoms with Crippen LogP contribution < -0.4 is 4.90 Å². The number of ether oxygens (including phenoxy) is 1. The number of amides is 1. The number of pyridine rings is 1. The standard InChI is InChI=1S/C17H22N4O5/c1-19(15(22)9-26-10-16(23)24)11-17(25)5-7-20(12-17)14-4-2-3-13-18-6-8-21(13)14/h2-4,6,8,25H,5,7,9-12H2,1H3,(H,23,24). The second kappa shape index (κ2) is 7.30. The van der Waals surface area contributed by atoms with Gasteiger partial charge in [-0.05, 0) is 18.6 Å². The number of carbonyl (C=O) groups excluding carboxylic acids is 1. The van der Waals surface area contributed by atoms with E-state index in [4.69, 9.17) is 9.84 Å². The number of aromatic nitrogens is 2. The molecule has 1 fully saturated rings. The molecule has 140 valence electrons. The van der Waals surface area contributed by atoms with Gasteiger partial charge in [0, 0.05) is 32.5 Å². The Balaban J connectivity index is 1.60. The molecule has 9 heteroatoms. The summed E-state index contributed by atoms with van der Waals surface area (Å²) in [5.41, 5.74) is -0.208. The van der Waals surface area contributed by atoms with Crippen molar-refractivity contribution in [2.75, 3.05) is 44.8 Å². The molecule has 1 aliphatic heterocycles. The zero-order valence-corrected chi connectivity index (χ0v) is 14.5. The zero-order valence-electron chi connectivity index (χ0n) is 14.5. The summed E-state index contributed by atoms with van der Waals surface area (Å²) in [5.74, 6) is -0.552. The van der Waals surface area contributed by atoms with E-state index < -0.39 is 18.2 Å². The number of aliphatic hydroxyl groups is 1. The molecule has 1 aliphatic rings. The number of likely N-dealkylation sites (N-methyl/N-ethyl adjacent to an activating group) is 1. The van der Waals surface area contributed by atoms with Gasteiger partial charge >= 0.3 is 5.97 Å². The molecule has 2 N–H and O–H groups in total. The molecule has 0 bridgehead atoms. The van der Waals surface area contributed by atoms with Gasteiger partial charge in [0.1, 0.15) is 30.3 Å². The van der Waals surface area contributed by atoms with Crippen LogP contribution in [0.3, 0.4) is 0 Å². The highest BCUT2D eigenvalue weighted by Crippen LogP contribution is 2.28. The van der Waals surface area contributed by atoms with E-state index in [1.807, 2.05) is 28.8 Å². The summed E-state index contributed by atoms with van der Waals surface area (Å²) in [6, 6.07) is 5.80. The number of carboxylic acids is 1. The lowest BCUT2D eigenvalue weighted by Gasteiger charge is -2.29. The summed E-state index contributed by atoms with van der Waals surface area (Å²) in [5, 5.41) is 19.4. The van der Waals surface area contributed by atoms with Crippen LogP contribution in [0.25, 0.3) is 5.65 Å². The molecule has 0 radical (unpaired) electrons. The van der Waals surface area contributed by atoms with Crippen molar-refractivity contribution in [1.82, 2.24) is 14.3 Å². The third kappa shape index (κ3) is 3.94. The minimum absolute atomic E-state index is 0.151. The van der Waals surface area contributed by atoms with E-state index in [9.17, 15) is 14.7 Å². The fraction of sp³-hybridized carbons (Fsp3) is 0.471. The largest absolute Gasteiger partial charge is 0.480 e. The molecule has 1 saturated heterocycles. The van der Waals surface area contributed by atoms with Crippen LogP contribution in [0.1, 0.15) is 6.42 Å². The number of hydrogen-bond acceptors (Lipinski definition) is 6. The molecule has 3 rings (SSSR count). The third-order valence-corrected chi connectivity index (χ3v) is 4.47. The number of carboxylic acid groups (broad SMARTS) is 1. The highest BCUT2D eigenvalue weighted by molar-refractivity contribution is 5.77. The molecule has 0 saturated carbocycles. The first kappa shape index (κ1) is 18.2. The predicted octanol–water partition coefficient (Wildman–Crippen LogP) is -0.165. The first-order valence-corrected chi connectivity index (χ1v) is 8.31. The van der Waals surface area contributed by atoms with Crippen LogP contribution in [0, 0.1) is 0 Å². The Morgan fingerprint density at radius 1 is 1.38 bits per heavy atom. The lowest BCUT2D eigenvalue weighted by Crippen LogP contribution is -2.46. The number of fused-ring (bicyclic) bond motifs is 1. The Kier molecular flexibility index (Phi) is 5.10. The van der Waals surface area contributed by atoms with Crippen LogP contribution >= 0.6 is 0 Å². The van der Waals surface area contributed by atoms with Crippen molar-refractivity contribution in [3.8, 4) is 0 Å². The Labute approximate surface area is 150 Å². The van der Waals surface area contributed by atoms with Gasteiger partial charge in [0.15, 0.2) is 0 Å². The molecular weight excluding hydrogens is 340 g/mol. The van der Waals surface area contributed by atoms with Crippen molar-refractivity contribution >= 4 is 23.3 Å². The van der Waals surface area contributed by atoms with Crippen molar-refractivity contribution in [3.05, 3.63) is 30.6 Å². The summed E-state index contributed by atoms with van der Waals surface area (Å²) in [4.78, 5) is 30.1. The number of hydrogen-bond donors (Lipinski definition) is 2. The summed E-state index contributed by atoms with van der Waals surface area (Å²) in [6.45, 7) is 0.353. The summed E-state index contributed by atoms with van der Waals surface area (Å²) >= 11 is 0. The number of nitrogens with zero attached hydrogens (tertiary/aromatic N) is 4. The number of imidazole rings is 1. The van der Waals surface area contributed by atoms with Crippen LogP contribution in [0.2, 0.25) is 0 Å². The van der Waals surface area contributed by atoms with Gasteiger partial charge in [0.25, 0.3) is 0 Å². The fourth-order valence-electron chi connectivity index (χ4n) is 3.24. The normalized spacial score (nSPS) is 19.8. The number of anilines is 1.